The number of aryl methyl sites for hydroxylation is 2. The molecule has 1 amide bonds. The SMILES string of the molecule is C=C/C(=C(Cl)\C(F)=C/C)C(C)OC(=O)Nc1c(-c2ccc(NO)c(C)n2)nnn1C.CO[S-].[W]. The van der Waals surface area contributed by atoms with E-state index in [0.29, 0.717) is 22.8 Å². The zero-order chi connectivity index (χ0) is 25.1. The largest absolute Gasteiger partial charge is 0.624 e. The first-order chi connectivity index (χ1) is 15.6. The van der Waals surface area contributed by atoms with Gasteiger partial charge in [0.05, 0.1) is 22.1 Å². The maximum atomic E-state index is 13.8. The molecule has 1 unspecified atom stereocenters. The van der Waals surface area contributed by atoms with Crippen molar-refractivity contribution in [2.75, 3.05) is 17.9 Å². The Morgan fingerprint density at radius 3 is 2.56 bits per heavy atom. The number of anilines is 2. The zero-order valence-electron chi connectivity index (χ0n) is 19.1. The minimum absolute atomic E-state index is 0. The Morgan fingerprint density at radius 1 is 1.44 bits per heavy atom. The monoisotopic (exact) mass is 683 g/mol. The summed E-state index contributed by atoms with van der Waals surface area (Å²) in [6.45, 7) is 8.31. The van der Waals surface area contributed by atoms with Gasteiger partial charge in [-0.3, -0.25) is 16.0 Å². The number of carbonyl (C=O) groups is 1. The number of nitrogens with one attached hydrogen (secondary N) is 2. The van der Waals surface area contributed by atoms with Crippen LogP contribution in [0.25, 0.3) is 11.4 Å². The number of amides is 1. The first-order valence-corrected chi connectivity index (χ1v) is 10.1. The third-order valence-electron chi connectivity index (χ3n) is 4.15. The van der Waals surface area contributed by atoms with Crippen LogP contribution in [0.5, 0.6) is 0 Å². The molecule has 1 atom stereocenters. The quantitative estimate of drug-likeness (QED) is 0.219. The third kappa shape index (κ3) is 8.52. The smallest absolute Gasteiger partial charge is 0.413 e. The molecular weight excluding hydrogens is 659 g/mol. The molecule has 0 fully saturated rings. The van der Waals surface area contributed by atoms with E-state index < -0.39 is 18.0 Å². The molecule has 14 heteroatoms. The average Bonchev–Trinajstić information content (AvgIpc) is 3.13. The number of carbonyl (C=O) groups excluding carboxylic acids is 1. The van der Waals surface area contributed by atoms with Crippen LogP contribution in [0.1, 0.15) is 19.5 Å². The van der Waals surface area contributed by atoms with E-state index >= 15 is 0 Å². The Kier molecular flexibility index (Phi) is 14.6. The minimum Gasteiger partial charge on any atom is -0.624 e. The Morgan fingerprint density at radius 2 is 2.06 bits per heavy atom. The summed E-state index contributed by atoms with van der Waals surface area (Å²) in [5.41, 5.74) is 3.93. The topological polar surface area (TPSA) is 123 Å². The van der Waals surface area contributed by atoms with Crippen LogP contribution < -0.4 is 10.8 Å². The van der Waals surface area contributed by atoms with Crippen molar-refractivity contribution in [1.82, 2.24) is 20.0 Å². The van der Waals surface area contributed by atoms with Crippen molar-refractivity contribution in [3.8, 4) is 11.4 Å². The molecular formula is C20H25ClFN6O4SW-. The van der Waals surface area contributed by atoms with Gasteiger partial charge in [-0.05, 0) is 32.9 Å². The predicted octanol–water partition coefficient (Wildman–Crippen LogP) is 4.57. The van der Waals surface area contributed by atoms with E-state index in [1.807, 2.05) is 5.48 Å². The molecule has 0 radical (unpaired) electrons. The Bertz CT molecular complexity index is 1050. The van der Waals surface area contributed by atoms with Gasteiger partial charge in [-0.25, -0.2) is 18.9 Å². The standard InChI is InChI=1S/C19H22ClFN6O3.CH4OS.W/c1-6-12(16(20)13(21)7-2)11(4)30-19(28)23-18-17(24-26-27(18)5)15-9-8-14(25-29)10(3)22-15;1-2-3;/h6-9,11,25,29H,1H2,2-5H3,(H,23,28);3H,1H3;/p-1/b13-7+,16-12-;;. The predicted molar refractivity (Wildman–Crippen MR) is 126 cm³/mol. The van der Waals surface area contributed by atoms with Crippen molar-refractivity contribution in [3.63, 3.8) is 0 Å². The molecule has 0 spiro atoms. The number of hydrogen-bond acceptors (Lipinski definition) is 9. The van der Waals surface area contributed by atoms with Gasteiger partial charge in [0, 0.05) is 40.8 Å². The van der Waals surface area contributed by atoms with Crippen LogP contribution in [0.4, 0.5) is 20.7 Å². The fourth-order valence-corrected chi connectivity index (χ4v) is 2.87. The summed E-state index contributed by atoms with van der Waals surface area (Å²) in [6.07, 6.45) is 0.813. The van der Waals surface area contributed by atoms with Crippen molar-refractivity contribution >= 4 is 42.1 Å². The normalized spacial score (nSPS) is 12.3. The zero-order valence-corrected chi connectivity index (χ0v) is 23.6. The maximum absolute atomic E-state index is 13.8. The summed E-state index contributed by atoms with van der Waals surface area (Å²) < 4.78 is 24.2. The Hall–Kier alpha value is -2.24. The number of halogens is 2. The van der Waals surface area contributed by atoms with Crippen LogP contribution in [0.3, 0.4) is 0 Å². The molecule has 3 N–H and O–H groups in total. The van der Waals surface area contributed by atoms with Gasteiger partial charge in [0.2, 0.25) is 0 Å². The van der Waals surface area contributed by atoms with Crippen LogP contribution >= 0.6 is 11.6 Å². The number of pyridine rings is 1. The van der Waals surface area contributed by atoms with E-state index in [1.165, 1.54) is 37.8 Å². The second-order valence-electron chi connectivity index (χ2n) is 6.30. The van der Waals surface area contributed by atoms with Gasteiger partial charge in [0.15, 0.2) is 11.5 Å². The van der Waals surface area contributed by atoms with Gasteiger partial charge < -0.3 is 21.8 Å². The van der Waals surface area contributed by atoms with Crippen LogP contribution in [0, 0.1) is 6.92 Å². The van der Waals surface area contributed by atoms with E-state index in [4.69, 9.17) is 21.5 Å². The van der Waals surface area contributed by atoms with Gasteiger partial charge >= 0.3 is 6.09 Å². The molecule has 0 aliphatic rings. The van der Waals surface area contributed by atoms with Gasteiger partial charge in [-0.2, -0.15) is 0 Å². The van der Waals surface area contributed by atoms with E-state index in [0.717, 1.165) is 0 Å². The number of ether oxygens (including phenoxy) is 1. The molecule has 0 saturated heterocycles. The molecule has 2 rings (SSSR count). The molecule has 34 heavy (non-hydrogen) atoms. The average molecular weight is 684 g/mol. The fourth-order valence-electron chi connectivity index (χ4n) is 2.53. The van der Waals surface area contributed by atoms with Gasteiger partial charge in [-0.15, -0.1) is 5.10 Å². The molecule has 2 aromatic rings. The number of rotatable bonds is 7. The minimum atomic E-state index is -0.874. The van der Waals surface area contributed by atoms with Crippen molar-refractivity contribution in [2.45, 2.75) is 26.9 Å². The Labute approximate surface area is 222 Å². The van der Waals surface area contributed by atoms with E-state index in [9.17, 15) is 9.18 Å². The van der Waals surface area contributed by atoms with Gasteiger partial charge in [-0.1, -0.05) is 35.5 Å². The first kappa shape index (κ1) is 31.8. The number of allylic oxidation sites excluding steroid dienone is 3. The third-order valence-corrected chi connectivity index (χ3v) is 4.55. The van der Waals surface area contributed by atoms with E-state index in [2.05, 4.69) is 44.3 Å². The fraction of sp³-hybridized carbons (Fsp3) is 0.300. The summed E-state index contributed by atoms with van der Waals surface area (Å²) >= 11 is 9.88. The molecule has 0 aliphatic heterocycles. The summed E-state index contributed by atoms with van der Waals surface area (Å²) in [6, 6.07) is 3.21. The molecule has 0 saturated carbocycles. The van der Waals surface area contributed by atoms with Crippen molar-refractivity contribution < 1.29 is 44.4 Å². The van der Waals surface area contributed by atoms with E-state index in [1.54, 1.807) is 26.1 Å². The summed E-state index contributed by atoms with van der Waals surface area (Å²) in [5.74, 6) is -0.415. The second kappa shape index (κ2) is 15.6. The van der Waals surface area contributed by atoms with Crippen LogP contribution in [-0.4, -0.2) is 44.5 Å². The number of nitrogens with zero attached hydrogens (tertiary/aromatic N) is 4. The van der Waals surface area contributed by atoms with Crippen LogP contribution in [0.2, 0.25) is 0 Å². The molecule has 2 aromatic heterocycles. The van der Waals surface area contributed by atoms with Crippen molar-refractivity contribution in [2.24, 2.45) is 7.05 Å². The molecule has 0 aromatic carbocycles. The number of hydrogen-bond donors (Lipinski definition) is 3. The summed E-state index contributed by atoms with van der Waals surface area (Å²) in [7, 11) is 3.02. The van der Waals surface area contributed by atoms with Crippen molar-refractivity contribution in [3.05, 3.63) is 53.0 Å². The number of aromatic nitrogens is 4. The Balaban J connectivity index is 0.00000258. The summed E-state index contributed by atoms with van der Waals surface area (Å²) in [4.78, 5) is 16.8. The molecule has 2 heterocycles. The second-order valence-corrected chi connectivity index (χ2v) is 7.01. The molecule has 10 nitrogen and oxygen atoms in total. The van der Waals surface area contributed by atoms with Crippen molar-refractivity contribution in [1.29, 1.82) is 0 Å². The van der Waals surface area contributed by atoms with Gasteiger partial charge in [0.1, 0.15) is 11.9 Å². The molecule has 0 aliphatic carbocycles. The maximum Gasteiger partial charge on any atom is 0.413 e. The molecule has 0 bridgehead atoms. The summed E-state index contributed by atoms with van der Waals surface area (Å²) in [5, 5.41) is 19.3. The first-order valence-electron chi connectivity index (χ1n) is 9.40. The van der Waals surface area contributed by atoms with E-state index in [-0.39, 0.29) is 37.5 Å². The van der Waals surface area contributed by atoms with Gasteiger partial charge in [0.25, 0.3) is 0 Å². The van der Waals surface area contributed by atoms with Crippen LogP contribution in [-0.2, 0) is 49.9 Å². The molecule has 186 valence electrons. The van der Waals surface area contributed by atoms with Crippen LogP contribution in [0.15, 0.2) is 47.3 Å².